The zero-order valence-electron chi connectivity index (χ0n) is 19.4. The third kappa shape index (κ3) is 5.32. The molecule has 0 bridgehead atoms. The number of hydrogen-bond acceptors (Lipinski definition) is 7. The second-order valence-corrected chi connectivity index (χ2v) is 9.45. The van der Waals surface area contributed by atoms with Crippen LogP contribution in [0.1, 0.15) is 64.0 Å². The van der Waals surface area contributed by atoms with E-state index in [4.69, 9.17) is 8.83 Å². The van der Waals surface area contributed by atoms with Crippen molar-refractivity contribution in [1.82, 2.24) is 30.4 Å². The molecule has 10 nitrogen and oxygen atoms in total. The van der Waals surface area contributed by atoms with E-state index < -0.39 is 11.6 Å². The fraction of sp³-hybridized carbons (Fsp3) is 0.522. The summed E-state index contributed by atoms with van der Waals surface area (Å²) in [5.41, 5.74) is -0.462. The summed E-state index contributed by atoms with van der Waals surface area (Å²) in [6, 6.07) is 6.06. The predicted octanol–water partition coefficient (Wildman–Crippen LogP) is 3.26. The molecule has 0 aromatic carbocycles. The van der Waals surface area contributed by atoms with E-state index in [2.05, 4.69) is 20.7 Å². The van der Waals surface area contributed by atoms with Crippen LogP contribution < -0.4 is 5.32 Å². The number of amides is 2. The number of tetrazole rings is 1. The van der Waals surface area contributed by atoms with Gasteiger partial charge < -0.3 is 19.1 Å². The van der Waals surface area contributed by atoms with E-state index >= 15 is 0 Å². The lowest BCUT2D eigenvalue weighted by molar-refractivity contribution is -0.145. The number of carbonyl (C=O) groups is 2. The first-order chi connectivity index (χ1) is 15.7. The van der Waals surface area contributed by atoms with Gasteiger partial charge in [0.2, 0.25) is 11.7 Å². The number of nitrogens with zero attached hydrogens (tertiary/aromatic N) is 5. The summed E-state index contributed by atoms with van der Waals surface area (Å²) in [5, 5.41) is 15.3. The Morgan fingerprint density at radius 3 is 2.61 bits per heavy atom. The van der Waals surface area contributed by atoms with Crippen molar-refractivity contribution in [2.45, 2.75) is 77.5 Å². The molecule has 0 radical (unpaired) electrons. The highest BCUT2D eigenvalue weighted by atomic mass is 16.3. The molecule has 3 aromatic rings. The summed E-state index contributed by atoms with van der Waals surface area (Å²) in [5.74, 6) is 1.39. The number of aryl methyl sites for hydroxylation is 1. The van der Waals surface area contributed by atoms with Crippen LogP contribution in [0.25, 0.3) is 11.6 Å². The third-order valence-corrected chi connectivity index (χ3v) is 5.53. The van der Waals surface area contributed by atoms with Crippen LogP contribution in [-0.2, 0) is 16.1 Å². The van der Waals surface area contributed by atoms with Crippen molar-refractivity contribution in [1.29, 1.82) is 0 Å². The van der Waals surface area contributed by atoms with Crippen molar-refractivity contribution >= 4 is 11.8 Å². The molecule has 1 N–H and O–H groups in total. The van der Waals surface area contributed by atoms with Gasteiger partial charge in [-0.25, -0.2) is 0 Å². The van der Waals surface area contributed by atoms with Gasteiger partial charge in [-0.15, -0.1) is 10.2 Å². The molecule has 1 atom stereocenters. The Morgan fingerprint density at radius 1 is 1.24 bits per heavy atom. The Morgan fingerprint density at radius 2 is 2.00 bits per heavy atom. The average Bonchev–Trinajstić information content (AvgIpc) is 3.51. The summed E-state index contributed by atoms with van der Waals surface area (Å²) in [6.45, 7) is 7.40. The minimum atomic E-state index is -0.884. The smallest absolute Gasteiger partial charge is 0.251 e. The molecule has 1 aliphatic carbocycles. The highest BCUT2D eigenvalue weighted by molar-refractivity contribution is 5.88. The lowest BCUT2D eigenvalue weighted by Crippen LogP contribution is -2.52. The molecule has 1 aliphatic rings. The molecule has 1 fully saturated rings. The van der Waals surface area contributed by atoms with Crippen LogP contribution in [0.2, 0.25) is 0 Å². The zero-order chi connectivity index (χ0) is 23.6. The molecule has 33 heavy (non-hydrogen) atoms. The van der Waals surface area contributed by atoms with Crippen LogP contribution in [0.3, 0.4) is 0 Å². The van der Waals surface area contributed by atoms with Gasteiger partial charge >= 0.3 is 0 Å². The third-order valence-electron chi connectivity index (χ3n) is 5.53. The van der Waals surface area contributed by atoms with Gasteiger partial charge in [0, 0.05) is 11.6 Å². The van der Waals surface area contributed by atoms with E-state index in [1.165, 1.54) is 11.1 Å². The predicted molar refractivity (Wildman–Crippen MR) is 119 cm³/mol. The van der Waals surface area contributed by atoms with Crippen LogP contribution in [0.5, 0.6) is 0 Å². The second kappa shape index (κ2) is 9.21. The molecule has 0 spiro atoms. The molecule has 0 aliphatic heterocycles. The van der Waals surface area contributed by atoms with Gasteiger partial charge in [-0.05, 0) is 70.0 Å². The molecule has 0 unspecified atom stereocenters. The molecule has 4 rings (SSSR count). The lowest BCUT2D eigenvalue weighted by atomic mass is 10.0. The van der Waals surface area contributed by atoms with Crippen molar-refractivity contribution in [2.75, 3.05) is 0 Å². The largest absolute Gasteiger partial charge is 0.467 e. The number of furan rings is 2. The minimum Gasteiger partial charge on any atom is -0.467 e. The molecular weight excluding hydrogens is 424 g/mol. The molecule has 3 heterocycles. The van der Waals surface area contributed by atoms with Crippen LogP contribution in [0.15, 0.2) is 39.4 Å². The Hall–Kier alpha value is -3.43. The number of hydrogen-bond donors (Lipinski definition) is 1. The van der Waals surface area contributed by atoms with Gasteiger partial charge in [-0.2, -0.15) is 4.80 Å². The molecule has 3 aromatic heterocycles. The van der Waals surface area contributed by atoms with Crippen LogP contribution >= 0.6 is 0 Å². The Balaban J connectivity index is 1.62. The Kier molecular flexibility index (Phi) is 6.35. The summed E-state index contributed by atoms with van der Waals surface area (Å²) >= 11 is 0. The van der Waals surface area contributed by atoms with Gasteiger partial charge in [0.1, 0.15) is 18.1 Å². The first-order valence-electron chi connectivity index (χ1n) is 11.2. The zero-order valence-corrected chi connectivity index (χ0v) is 19.4. The van der Waals surface area contributed by atoms with E-state index in [-0.39, 0.29) is 24.4 Å². The SMILES string of the molecule is Cc1ccc(-c2nnn(CC(=O)N(C3CCCC3)[C@@H](C(=O)NC(C)(C)C)c3ccco3)n2)o1. The molecule has 176 valence electrons. The van der Waals surface area contributed by atoms with E-state index in [0.29, 0.717) is 17.3 Å². The highest BCUT2D eigenvalue weighted by Crippen LogP contribution is 2.32. The van der Waals surface area contributed by atoms with E-state index in [9.17, 15) is 9.59 Å². The lowest BCUT2D eigenvalue weighted by Gasteiger charge is -2.36. The average molecular weight is 455 g/mol. The molecule has 1 saturated carbocycles. The second-order valence-electron chi connectivity index (χ2n) is 9.45. The summed E-state index contributed by atoms with van der Waals surface area (Å²) in [7, 11) is 0. The summed E-state index contributed by atoms with van der Waals surface area (Å²) < 4.78 is 11.2. The van der Waals surface area contributed by atoms with Gasteiger partial charge in [-0.3, -0.25) is 9.59 Å². The van der Waals surface area contributed by atoms with Gasteiger partial charge in [0.05, 0.1) is 6.26 Å². The first-order valence-corrected chi connectivity index (χ1v) is 11.2. The Bertz CT molecular complexity index is 1090. The Labute approximate surface area is 192 Å². The maximum absolute atomic E-state index is 13.6. The number of nitrogens with one attached hydrogen (secondary N) is 1. The van der Waals surface area contributed by atoms with Crippen LogP contribution in [0, 0.1) is 6.92 Å². The van der Waals surface area contributed by atoms with E-state index in [1.807, 2.05) is 33.8 Å². The maximum atomic E-state index is 13.6. The van der Waals surface area contributed by atoms with Crippen LogP contribution in [-0.4, -0.2) is 48.5 Å². The molecule has 10 heteroatoms. The maximum Gasteiger partial charge on any atom is 0.251 e. The topological polar surface area (TPSA) is 119 Å². The molecule has 2 amide bonds. The van der Waals surface area contributed by atoms with Gasteiger partial charge in [0.25, 0.3) is 5.91 Å². The number of carbonyl (C=O) groups excluding carboxylic acids is 2. The normalized spacial score (nSPS) is 15.5. The minimum absolute atomic E-state index is 0.0750. The molecule has 0 saturated heterocycles. The van der Waals surface area contributed by atoms with Gasteiger partial charge in [-0.1, -0.05) is 12.8 Å². The van der Waals surface area contributed by atoms with E-state index in [0.717, 1.165) is 31.4 Å². The fourth-order valence-electron chi connectivity index (χ4n) is 4.18. The van der Waals surface area contributed by atoms with Crippen molar-refractivity contribution in [2.24, 2.45) is 0 Å². The summed E-state index contributed by atoms with van der Waals surface area (Å²) in [4.78, 5) is 29.9. The number of aromatic nitrogens is 4. The quantitative estimate of drug-likeness (QED) is 0.582. The van der Waals surface area contributed by atoms with Crippen molar-refractivity contribution in [3.8, 4) is 11.6 Å². The molecular formula is C23H30N6O4. The van der Waals surface area contributed by atoms with E-state index in [1.54, 1.807) is 23.1 Å². The van der Waals surface area contributed by atoms with Crippen LogP contribution in [0.4, 0.5) is 0 Å². The van der Waals surface area contributed by atoms with Crippen molar-refractivity contribution in [3.05, 3.63) is 42.0 Å². The fourth-order valence-corrected chi connectivity index (χ4v) is 4.18. The number of rotatable bonds is 7. The highest BCUT2D eigenvalue weighted by Gasteiger charge is 2.40. The van der Waals surface area contributed by atoms with Gasteiger partial charge in [0.15, 0.2) is 11.8 Å². The first kappa shape index (κ1) is 22.8. The van der Waals surface area contributed by atoms with Crippen molar-refractivity contribution in [3.63, 3.8) is 0 Å². The standard InChI is InChI=1S/C23H30N6O4/c1-15-11-12-18(33-15)21-25-27-28(26-21)14-19(30)29(16-8-5-6-9-16)20(17-10-7-13-32-17)22(31)24-23(2,3)4/h7,10-13,16,20H,5-6,8-9,14H2,1-4H3,(H,24,31)/t20-/m1/s1. The monoisotopic (exact) mass is 454 g/mol. The van der Waals surface area contributed by atoms with Crippen molar-refractivity contribution < 1.29 is 18.4 Å². The summed E-state index contributed by atoms with van der Waals surface area (Å²) in [6.07, 6.45) is 5.18.